The second kappa shape index (κ2) is 9.23. The summed E-state index contributed by atoms with van der Waals surface area (Å²) in [6.07, 6.45) is 1.37. The molecule has 2 N–H and O–H groups in total. The summed E-state index contributed by atoms with van der Waals surface area (Å²) in [5, 5.41) is 8.06. The first-order chi connectivity index (χ1) is 13.2. The predicted molar refractivity (Wildman–Crippen MR) is 112 cm³/mol. The van der Waals surface area contributed by atoms with E-state index in [-0.39, 0.29) is 5.91 Å². The number of nitrogens with one attached hydrogen (secondary N) is 2. The van der Waals surface area contributed by atoms with Crippen LogP contribution < -0.4 is 15.5 Å². The van der Waals surface area contributed by atoms with E-state index in [1.165, 1.54) is 0 Å². The Morgan fingerprint density at radius 3 is 2.70 bits per heavy atom. The molecule has 2 aromatic carbocycles. The van der Waals surface area contributed by atoms with Gasteiger partial charge in [-0.1, -0.05) is 43.0 Å². The summed E-state index contributed by atoms with van der Waals surface area (Å²) >= 11 is 1.58. The van der Waals surface area contributed by atoms with Crippen molar-refractivity contribution in [3.63, 3.8) is 0 Å². The van der Waals surface area contributed by atoms with Gasteiger partial charge in [-0.3, -0.25) is 10.2 Å². The van der Waals surface area contributed by atoms with Gasteiger partial charge < -0.3 is 10.1 Å². The van der Waals surface area contributed by atoms with E-state index in [4.69, 9.17) is 4.74 Å². The highest BCUT2D eigenvalue weighted by atomic mass is 32.2. The summed E-state index contributed by atoms with van der Waals surface area (Å²) in [4.78, 5) is 16.2. The van der Waals surface area contributed by atoms with Gasteiger partial charge in [-0.25, -0.2) is 4.99 Å². The lowest BCUT2D eigenvalue weighted by Gasteiger charge is -2.15. The molecule has 0 aliphatic carbocycles. The van der Waals surface area contributed by atoms with Crippen LogP contribution in [0.3, 0.4) is 0 Å². The molecule has 1 aliphatic heterocycles. The van der Waals surface area contributed by atoms with E-state index in [1.807, 2.05) is 55.5 Å². The standard InChI is InChI=1S/C20H22N4O2S/c1-3-6-19(25)21-15-11-9-14(10-12-15)17-13-27-20(24-23-17)22-16-7-4-5-8-18(16)26-2/h4-5,7-12H,3,6,13H2,1-2H3,(H,21,25)(H,22,24). The first-order valence-electron chi connectivity index (χ1n) is 8.77. The van der Waals surface area contributed by atoms with Gasteiger partial charge in [-0.2, -0.15) is 5.10 Å². The third-order valence-corrected chi connectivity index (χ3v) is 4.79. The van der Waals surface area contributed by atoms with E-state index in [1.54, 1.807) is 18.9 Å². The lowest BCUT2D eigenvalue weighted by atomic mass is 10.1. The van der Waals surface area contributed by atoms with Crippen molar-refractivity contribution in [3.8, 4) is 5.75 Å². The highest BCUT2D eigenvalue weighted by Gasteiger charge is 2.14. The van der Waals surface area contributed by atoms with Crippen molar-refractivity contribution in [1.82, 2.24) is 5.43 Å². The number of hydrazone groups is 1. The first kappa shape index (κ1) is 19.0. The molecule has 0 bridgehead atoms. The summed E-state index contributed by atoms with van der Waals surface area (Å²) in [6, 6.07) is 15.3. The maximum Gasteiger partial charge on any atom is 0.224 e. The zero-order valence-electron chi connectivity index (χ0n) is 15.4. The van der Waals surface area contributed by atoms with Crippen molar-refractivity contribution in [3.05, 3.63) is 54.1 Å². The van der Waals surface area contributed by atoms with Crippen LogP contribution in [0.5, 0.6) is 5.75 Å². The number of rotatable bonds is 6. The molecule has 0 unspecified atom stereocenters. The Hall–Kier alpha value is -2.80. The Balaban J connectivity index is 1.66. The number of ether oxygens (including phenoxy) is 1. The summed E-state index contributed by atoms with van der Waals surface area (Å²) in [5.41, 5.74) is 6.52. The van der Waals surface area contributed by atoms with Crippen LogP contribution in [0.1, 0.15) is 25.3 Å². The predicted octanol–water partition coefficient (Wildman–Crippen LogP) is 4.16. The van der Waals surface area contributed by atoms with E-state index in [0.717, 1.165) is 40.0 Å². The van der Waals surface area contributed by atoms with Crippen LogP contribution in [0.4, 0.5) is 11.4 Å². The minimum Gasteiger partial charge on any atom is -0.494 e. The number of carbonyl (C=O) groups excluding carboxylic acids is 1. The molecule has 0 atom stereocenters. The highest BCUT2D eigenvalue weighted by Crippen LogP contribution is 2.28. The minimum atomic E-state index is 0.0367. The number of amides is 1. The smallest absolute Gasteiger partial charge is 0.224 e. The Bertz CT molecular complexity index is 863. The van der Waals surface area contributed by atoms with Crippen molar-refractivity contribution in [2.24, 2.45) is 10.1 Å². The number of amidine groups is 1. The third kappa shape index (κ3) is 5.10. The summed E-state index contributed by atoms with van der Waals surface area (Å²) in [6.45, 7) is 1.99. The number of hydrogen-bond acceptors (Lipinski definition) is 5. The van der Waals surface area contributed by atoms with Crippen molar-refractivity contribution in [2.75, 3.05) is 18.2 Å². The van der Waals surface area contributed by atoms with E-state index < -0.39 is 0 Å². The van der Waals surface area contributed by atoms with Crippen molar-refractivity contribution >= 4 is 39.9 Å². The Morgan fingerprint density at radius 1 is 1.26 bits per heavy atom. The number of hydrogen-bond donors (Lipinski definition) is 2. The molecule has 0 spiro atoms. The first-order valence-corrected chi connectivity index (χ1v) is 9.75. The van der Waals surface area contributed by atoms with Gasteiger partial charge in [0.15, 0.2) is 5.17 Å². The molecule has 6 nitrogen and oxygen atoms in total. The van der Waals surface area contributed by atoms with Crippen LogP contribution in [0.25, 0.3) is 0 Å². The van der Waals surface area contributed by atoms with Crippen LogP contribution in [0.15, 0.2) is 58.6 Å². The molecule has 0 radical (unpaired) electrons. The molecular formula is C20H22N4O2S. The van der Waals surface area contributed by atoms with Crippen LogP contribution >= 0.6 is 11.8 Å². The maximum absolute atomic E-state index is 11.7. The molecule has 0 aromatic heterocycles. The third-order valence-electron chi connectivity index (χ3n) is 3.92. The fraction of sp³-hybridized carbons (Fsp3) is 0.250. The van der Waals surface area contributed by atoms with Crippen LogP contribution in [0, 0.1) is 0 Å². The molecular weight excluding hydrogens is 360 g/mol. The fourth-order valence-corrected chi connectivity index (χ4v) is 3.33. The van der Waals surface area contributed by atoms with E-state index >= 15 is 0 Å². The molecule has 1 amide bonds. The lowest BCUT2D eigenvalue weighted by Crippen LogP contribution is -2.25. The molecule has 140 valence electrons. The van der Waals surface area contributed by atoms with Crippen LogP contribution in [-0.4, -0.2) is 29.6 Å². The van der Waals surface area contributed by atoms with Gasteiger partial charge in [0.1, 0.15) is 11.4 Å². The van der Waals surface area contributed by atoms with Gasteiger partial charge in [0.2, 0.25) is 5.91 Å². The Kier molecular flexibility index (Phi) is 6.49. The molecule has 3 rings (SSSR count). The zero-order chi connectivity index (χ0) is 19.1. The maximum atomic E-state index is 11.7. The molecule has 2 aromatic rings. The van der Waals surface area contributed by atoms with Crippen molar-refractivity contribution in [2.45, 2.75) is 19.8 Å². The van der Waals surface area contributed by atoms with Gasteiger partial charge >= 0.3 is 0 Å². The molecule has 1 aliphatic rings. The Labute approximate surface area is 163 Å². The molecule has 0 fully saturated rings. The van der Waals surface area contributed by atoms with Crippen molar-refractivity contribution in [1.29, 1.82) is 0 Å². The molecule has 7 heteroatoms. The number of benzene rings is 2. The van der Waals surface area contributed by atoms with Crippen molar-refractivity contribution < 1.29 is 9.53 Å². The van der Waals surface area contributed by atoms with Gasteiger partial charge in [-0.15, -0.1) is 0 Å². The second-order valence-electron chi connectivity index (χ2n) is 5.92. The van der Waals surface area contributed by atoms with E-state index in [0.29, 0.717) is 12.2 Å². The highest BCUT2D eigenvalue weighted by molar-refractivity contribution is 8.14. The fourth-order valence-electron chi connectivity index (χ4n) is 2.55. The zero-order valence-corrected chi connectivity index (χ0v) is 16.2. The number of methoxy groups -OCH3 is 1. The molecule has 0 saturated heterocycles. The van der Waals surface area contributed by atoms with E-state index in [9.17, 15) is 4.79 Å². The summed E-state index contributed by atoms with van der Waals surface area (Å²) in [7, 11) is 1.63. The molecule has 1 heterocycles. The minimum absolute atomic E-state index is 0.0367. The Morgan fingerprint density at radius 2 is 2.04 bits per heavy atom. The van der Waals surface area contributed by atoms with Gasteiger partial charge in [-0.05, 0) is 36.2 Å². The number of nitrogens with zero attached hydrogens (tertiary/aromatic N) is 2. The topological polar surface area (TPSA) is 75.1 Å². The summed E-state index contributed by atoms with van der Waals surface area (Å²) < 4.78 is 5.32. The molecule has 0 saturated carbocycles. The number of aliphatic imine (C=N–C) groups is 1. The van der Waals surface area contributed by atoms with Gasteiger partial charge in [0.05, 0.1) is 12.8 Å². The number of carbonyl (C=O) groups is 1. The SMILES string of the molecule is CCCC(=O)Nc1ccc(C2=NNC(=Nc3ccccc3OC)SC2)cc1. The van der Waals surface area contributed by atoms with Gasteiger partial charge in [0.25, 0.3) is 0 Å². The van der Waals surface area contributed by atoms with Gasteiger partial charge in [0, 0.05) is 17.9 Å². The summed E-state index contributed by atoms with van der Waals surface area (Å²) in [5.74, 6) is 1.47. The average molecular weight is 382 g/mol. The second-order valence-corrected chi connectivity index (χ2v) is 6.89. The number of thioether (sulfide) groups is 1. The van der Waals surface area contributed by atoms with Crippen LogP contribution in [0.2, 0.25) is 0 Å². The normalized spacial score (nSPS) is 15.0. The van der Waals surface area contributed by atoms with E-state index in [2.05, 4.69) is 20.8 Å². The monoisotopic (exact) mass is 382 g/mol. The lowest BCUT2D eigenvalue weighted by molar-refractivity contribution is -0.116. The number of anilines is 1. The number of para-hydroxylation sites is 2. The van der Waals surface area contributed by atoms with Crippen LogP contribution in [-0.2, 0) is 4.79 Å². The quantitative estimate of drug-likeness (QED) is 0.787. The molecule has 27 heavy (non-hydrogen) atoms. The average Bonchev–Trinajstić information content (AvgIpc) is 2.70. The largest absolute Gasteiger partial charge is 0.494 e.